The molecule has 1 amide bonds. The fraction of sp³-hybridized carbons (Fsp3) is 0.200. The zero-order chi connectivity index (χ0) is 21.6. The third-order valence-corrected chi connectivity index (χ3v) is 5.63. The van der Waals surface area contributed by atoms with Crippen molar-refractivity contribution in [2.75, 3.05) is 12.9 Å². The molecule has 2 N–H and O–H groups in total. The maximum atomic E-state index is 12.2. The standard InChI is InChI=1S/C20H19N5O4S/c1-29-17-8-6-16(7-9-17)20-23-18(24-25-20)11-22-19(26)13-30(27,28)12-15-4-2-14(10-21)3-5-15/h2-9H,11-13H2,1H3,(H,22,26)(H,23,24,25). The summed E-state index contributed by atoms with van der Waals surface area (Å²) in [5.74, 6) is 0.00624. The summed E-state index contributed by atoms with van der Waals surface area (Å²) in [6, 6.07) is 15.3. The molecule has 10 heteroatoms. The predicted molar refractivity (Wildman–Crippen MR) is 109 cm³/mol. The van der Waals surface area contributed by atoms with E-state index in [9.17, 15) is 13.2 Å². The average molecular weight is 425 g/mol. The average Bonchev–Trinajstić information content (AvgIpc) is 3.21. The Hall–Kier alpha value is -3.71. The van der Waals surface area contributed by atoms with Crippen LogP contribution in [0, 0.1) is 11.3 Å². The lowest BCUT2D eigenvalue weighted by Crippen LogP contribution is -2.30. The molecule has 0 aliphatic heterocycles. The smallest absolute Gasteiger partial charge is 0.235 e. The van der Waals surface area contributed by atoms with Crippen molar-refractivity contribution in [3.63, 3.8) is 0 Å². The highest BCUT2D eigenvalue weighted by Crippen LogP contribution is 2.18. The molecule has 3 aromatic rings. The van der Waals surface area contributed by atoms with Crippen molar-refractivity contribution in [3.05, 3.63) is 65.5 Å². The zero-order valence-corrected chi connectivity index (χ0v) is 16.9. The molecule has 0 saturated carbocycles. The van der Waals surface area contributed by atoms with Crippen molar-refractivity contribution in [2.45, 2.75) is 12.3 Å². The van der Waals surface area contributed by atoms with Gasteiger partial charge in [0.25, 0.3) is 0 Å². The monoisotopic (exact) mass is 425 g/mol. The number of amides is 1. The van der Waals surface area contributed by atoms with Gasteiger partial charge >= 0.3 is 0 Å². The number of hydrogen-bond donors (Lipinski definition) is 2. The molecular weight excluding hydrogens is 406 g/mol. The van der Waals surface area contributed by atoms with E-state index in [0.29, 0.717) is 28.5 Å². The van der Waals surface area contributed by atoms with Gasteiger partial charge < -0.3 is 10.1 Å². The van der Waals surface area contributed by atoms with Crippen molar-refractivity contribution in [2.24, 2.45) is 0 Å². The number of ether oxygens (including phenoxy) is 1. The number of nitrogens with zero attached hydrogens (tertiary/aromatic N) is 3. The fourth-order valence-electron chi connectivity index (χ4n) is 2.66. The Morgan fingerprint density at radius 2 is 1.87 bits per heavy atom. The Labute approximate surface area is 173 Å². The molecule has 0 atom stereocenters. The molecule has 2 aromatic carbocycles. The number of nitrogens with one attached hydrogen (secondary N) is 2. The van der Waals surface area contributed by atoms with Gasteiger partial charge in [-0.1, -0.05) is 12.1 Å². The van der Waals surface area contributed by atoms with Crippen molar-refractivity contribution >= 4 is 15.7 Å². The lowest BCUT2D eigenvalue weighted by Gasteiger charge is -2.05. The van der Waals surface area contributed by atoms with E-state index < -0.39 is 21.5 Å². The number of benzene rings is 2. The molecule has 0 spiro atoms. The molecule has 0 aliphatic rings. The summed E-state index contributed by atoms with van der Waals surface area (Å²) in [6.07, 6.45) is 0. The van der Waals surface area contributed by atoms with E-state index >= 15 is 0 Å². The molecule has 0 radical (unpaired) electrons. The molecular formula is C20H19N5O4S. The minimum atomic E-state index is -3.66. The first-order valence-electron chi connectivity index (χ1n) is 8.90. The number of nitriles is 1. The highest BCUT2D eigenvalue weighted by Gasteiger charge is 2.18. The van der Waals surface area contributed by atoms with Crippen LogP contribution in [0.3, 0.4) is 0 Å². The molecule has 3 rings (SSSR count). The van der Waals surface area contributed by atoms with Crippen LogP contribution in [0.1, 0.15) is 17.0 Å². The van der Waals surface area contributed by atoms with Gasteiger partial charge in [-0.15, -0.1) is 0 Å². The van der Waals surface area contributed by atoms with Gasteiger partial charge in [0.1, 0.15) is 17.3 Å². The second kappa shape index (κ2) is 9.19. The van der Waals surface area contributed by atoms with Gasteiger partial charge in [-0.2, -0.15) is 10.4 Å². The van der Waals surface area contributed by atoms with E-state index in [0.717, 1.165) is 5.56 Å². The molecule has 154 valence electrons. The van der Waals surface area contributed by atoms with E-state index in [2.05, 4.69) is 20.5 Å². The number of aromatic amines is 1. The number of rotatable bonds is 8. The summed E-state index contributed by atoms with van der Waals surface area (Å²) in [6.45, 7) is 0.0222. The van der Waals surface area contributed by atoms with E-state index in [4.69, 9.17) is 10.00 Å². The lowest BCUT2D eigenvalue weighted by molar-refractivity contribution is -0.118. The maximum absolute atomic E-state index is 12.2. The second-order valence-electron chi connectivity index (χ2n) is 6.45. The Bertz CT molecular complexity index is 1160. The molecule has 0 unspecified atom stereocenters. The third-order valence-electron chi connectivity index (χ3n) is 4.15. The minimum Gasteiger partial charge on any atom is -0.497 e. The summed E-state index contributed by atoms with van der Waals surface area (Å²) < 4.78 is 29.6. The van der Waals surface area contributed by atoms with Gasteiger partial charge in [0, 0.05) is 5.56 Å². The molecule has 0 bridgehead atoms. The quantitative estimate of drug-likeness (QED) is 0.559. The normalized spacial score (nSPS) is 10.9. The first-order valence-corrected chi connectivity index (χ1v) is 10.7. The largest absolute Gasteiger partial charge is 0.497 e. The molecule has 0 saturated heterocycles. The van der Waals surface area contributed by atoms with Gasteiger partial charge in [0.05, 0.1) is 31.0 Å². The van der Waals surface area contributed by atoms with Crippen LogP contribution in [0.5, 0.6) is 5.75 Å². The molecule has 0 aliphatic carbocycles. The molecule has 0 fully saturated rings. The van der Waals surface area contributed by atoms with Crippen LogP contribution >= 0.6 is 0 Å². The fourth-order valence-corrected chi connectivity index (χ4v) is 3.96. The van der Waals surface area contributed by atoms with Crippen LogP contribution in [0.4, 0.5) is 0 Å². The number of methoxy groups -OCH3 is 1. The van der Waals surface area contributed by atoms with Gasteiger partial charge in [-0.05, 0) is 42.0 Å². The number of hydrogen-bond acceptors (Lipinski definition) is 7. The van der Waals surface area contributed by atoms with E-state index in [1.54, 1.807) is 43.5 Å². The van der Waals surface area contributed by atoms with E-state index in [1.807, 2.05) is 6.07 Å². The van der Waals surface area contributed by atoms with Crippen molar-refractivity contribution in [1.82, 2.24) is 20.5 Å². The van der Waals surface area contributed by atoms with Crippen LogP contribution in [0.25, 0.3) is 11.4 Å². The van der Waals surface area contributed by atoms with Crippen molar-refractivity contribution in [3.8, 4) is 23.2 Å². The highest BCUT2D eigenvalue weighted by molar-refractivity contribution is 7.91. The minimum absolute atomic E-state index is 0.0222. The molecule has 1 aromatic heterocycles. The first-order chi connectivity index (χ1) is 14.4. The summed E-state index contributed by atoms with van der Waals surface area (Å²) in [7, 11) is -2.08. The number of sulfone groups is 1. The van der Waals surface area contributed by atoms with E-state index in [-0.39, 0.29) is 12.3 Å². The van der Waals surface area contributed by atoms with Crippen molar-refractivity contribution in [1.29, 1.82) is 5.26 Å². The topological polar surface area (TPSA) is 138 Å². The molecule has 30 heavy (non-hydrogen) atoms. The summed E-state index contributed by atoms with van der Waals surface area (Å²) >= 11 is 0. The number of aromatic nitrogens is 3. The zero-order valence-electron chi connectivity index (χ0n) is 16.1. The SMILES string of the molecule is COc1ccc(-c2n[nH]c(CNC(=O)CS(=O)(=O)Cc3ccc(C#N)cc3)n2)cc1. The van der Waals surface area contributed by atoms with Gasteiger partial charge in [0.2, 0.25) is 5.91 Å². The van der Waals surface area contributed by atoms with Gasteiger partial charge in [0.15, 0.2) is 15.7 Å². The summed E-state index contributed by atoms with van der Waals surface area (Å²) in [5.41, 5.74) is 1.73. The number of H-pyrrole nitrogens is 1. The summed E-state index contributed by atoms with van der Waals surface area (Å²) in [5, 5.41) is 18.1. The van der Waals surface area contributed by atoms with Crippen LogP contribution in [0.2, 0.25) is 0 Å². The number of carbonyl (C=O) groups excluding carboxylic acids is 1. The maximum Gasteiger partial charge on any atom is 0.235 e. The summed E-state index contributed by atoms with van der Waals surface area (Å²) in [4.78, 5) is 16.4. The Balaban J connectivity index is 1.53. The van der Waals surface area contributed by atoms with Crippen molar-refractivity contribution < 1.29 is 17.9 Å². The lowest BCUT2D eigenvalue weighted by atomic mass is 10.2. The molecule has 9 nitrogen and oxygen atoms in total. The van der Waals surface area contributed by atoms with Crippen LogP contribution in [-0.2, 0) is 26.9 Å². The van der Waals surface area contributed by atoms with Crippen LogP contribution in [-0.4, -0.2) is 42.4 Å². The highest BCUT2D eigenvalue weighted by atomic mass is 32.2. The Morgan fingerprint density at radius 1 is 1.17 bits per heavy atom. The Kier molecular flexibility index (Phi) is 6.44. The van der Waals surface area contributed by atoms with E-state index in [1.165, 1.54) is 12.1 Å². The van der Waals surface area contributed by atoms with Crippen LogP contribution < -0.4 is 10.1 Å². The molecule has 1 heterocycles. The first kappa shape index (κ1) is 21.0. The van der Waals surface area contributed by atoms with Gasteiger partial charge in [-0.3, -0.25) is 9.89 Å². The van der Waals surface area contributed by atoms with Crippen LogP contribution in [0.15, 0.2) is 48.5 Å². The second-order valence-corrected chi connectivity index (χ2v) is 8.52. The predicted octanol–water partition coefficient (Wildman–Crippen LogP) is 1.58. The number of carbonyl (C=O) groups is 1. The Morgan fingerprint density at radius 3 is 2.50 bits per heavy atom. The third kappa shape index (κ3) is 5.65. The van der Waals surface area contributed by atoms with Gasteiger partial charge in [-0.25, -0.2) is 13.4 Å².